The van der Waals surface area contributed by atoms with Crippen molar-refractivity contribution >= 4 is 11.8 Å². The van der Waals surface area contributed by atoms with E-state index in [0.717, 1.165) is 44.3 Å². The van der Waals surface area contributed by atoms with Crippen molar-refractivity contribution in [3.63, 3.8) is 0 Å². The summed E-state index contributed by atoms with van der Waals surface area (Å²) in [7, 11) is 0. The largest absolute Gasteiger partial charge is 0.342 e. The molecule has 130 valence electrons. The van der Waals surface area contributed by atoms with Crippen LogP contribution >= 0.6 is 0 Å². The minimum absolute atomic E-state index is 0.0148. The van der Waals surface area contributed by atoms with Gasteiger partial charge in [-0.2, -0.15) is 0 Å². The number of likely N-dealkylation sites (tertiary alicyclic amines) is 1. The molecule has 1 atom stereocenters. The molecule has 0 radical (unpaired) electrons. The van der Waals surface area contributed by atoms with Gasteiger partial charge in [0.1, 0.15) is 0 Å². The van der Waals surface area contributed by atoms with Gasteiger partial charge in [0.15, 0.2) is 0 Å². The monoisotopic (exact) mass is 328 g/mol. The molecule has 2 amide bonds. The van der Waals surface area contributed by atoms with Gasteiger partial charge in [-0.25, -0.2) is 0 Å². The Hall–Kier alpha value is -1.84. The Morgan fingerprint density at radius 2 is 1.88 bits per heavy atom. The lowest BCUT2D eigenvalue weighted by Gasteiger charge is -2.41. The second kappa shape index (κ2) is 7.82. The first kappa shape index (κ1) is 17.0. The van der Waals surface area contributed by atoms with Crippen molar-refractivity contribution in [1.82, 2.24) is 9.80 Å². The fraction of sp³-hybridized carbons (Fsp3) is 0.600. The Morgan fingerprint density at radius 1 is 1.12 bits per heavy atom. The highest BCUT2D eigenvalue weighted by Crippen LogP contribution is 2.28. The van der Waals surface area contributed by atoms with Crippen LogP contribution in [0.1, 0.15) is 44.6 Å². The molecule has 0 bridgehead atoms. The van der Waals surface area contributed by atoms with E-state index in [2.05, 4.69) is 11.8 Å². The lowest BCUT2D eigenvalue weighted by atomic mass is 9.89. The average molecular weight is 328 g/mol. The van der Waals surface area contributed by atoms with E-state index in [1.807, 2.05) is 35.2 Å². The van der Waals surface area contributed by atoms with E-state index < -0.39 is 0 Å². The molecule has 1 aromatic rings. The first-order chi connectivity index (χ1) is 11.7. The predicted octanol–water partition coefficient (Wildman–Crippen LogP) is 2.87. The summed E-state index contributed by atoms with van der Waals surface area (Å²) in [4.78, 5) is 29.4. The van der Waals surface area contributed by atoms with E-state index in [0.29, 0.717) is 19.0 Å². The first-order valence-electron chi connectivity index (χ1n) is 9.31. The summed E-state index contributed by atoms with van der Waals surface area (Å²) in [6.07, 6.45) is 5.80. The second-order valence-corrected chi connectivity index (χ2v) is 7.05. The van der Waals surface area contributed by atoms with Crippen molar-refractivity contribution in [3.05, 3.63) is 35.9 Å². The number of benzene rings is 1. The zero-order valence-electron chi connectivity index (χ0n) is 14.6. The standard InChI is InChI=1S/C20H28N2O2/c1-2-22(18-11-6-12-18)20(24)17-10-7-13-21(15-17)19(23)14-16-8-4-3-5-9-16/h3-5,8-9,17-18H,2,6-7,10-15H2,1H3/t17-/m1/s1. The van der Waals surface area contributed by atoms with Gasteiger partial charge in [-0.3, -0.25) is 9.59 Å². The summed E-state index contributed by atoms with van der Waals surface area (Å²) in [5.41, 5.74) is 1.04. The van der Waals surface area contributed by atoms with E-state index in [9.17, 15) is 9.59 Å². The topological polar surface area (TPSA) is 40.6 Å². The molecular formula is C20H28N2O2. The van der Waals surface area contributed by atoms with E-state index >= 15 is 0 Å². The Bertz CT molecular complexity index is 568. The van der Waals surface area contributed by atoms with Crippen LogP contribution in [0.15, 0.2) is 30.3 Å². The average Bonchev–Trinajstić information content (AvgIpc) is 2.58. The molecule has 1 aromatic carbocycles. The highest BCUT2D eigenvalue weighted by molar-refractivity contribution is 5.82. The van der Waals surface area contributed by atoms with Crippen molar-refractivity contribution in [1.29, 1.82) is 0 Å². The van der Waals surface area contributed by atoms with Crippen LogP contribution in [0.5, 0.6) is 0 Å². The Balaban J connectivity index is 1.59. The smallest absolute Gasteiger partial charge is 0.227 e. The second-order valence-electron chi connectivity index (χ2n) is 7.05. The van der Waals surface area contributed by atoms with Crippen LogP contribution < -0.4 is 0 Å². The molecule has 1 saturated heterocycles. The Labute approximate surface area is 144 Å². The molecule has 24 heavy (non-hydrogen) atoms. The molecule has 0 aromatic heterocycles. The van der Waals surface area contributed by atoms with E-state index in [1.54, 1.807) is 0 Å². The zero-order valence-corrected chi connectivity index (χ0v) is 14.6. The molecule has 0 spiro atoms. The fourth-order valence-electron chi connectivity index (χ4n) is 3.81. The van der Waals surface area contributed by atoms with Crippen molar-refractivity contribution in [2.24, 2.45) is 5.92 Å². The Morgan fingerprint density at radius 3 is 2.50 bits per heavy atom. The summed E-state index contributed by atoms with van der Waals surface area (Å²) in [6, 6.07) is 10.3. The van der Waals surface area contributed by atoms with Gasteiger partial charge in [0.25, 0.3) is 0 Å². The summed E-state index contributed by atoms with van der Waals surface area (Å²) in [6.45, 7) is 4.23. The van der Waals surface area contributed by atoms with E-state index in [-0.39, 0.29) is 17.7 Å². The van der Waals surface area contributed by atoms with Gasteiger partial charge >= 0.3 is 0 Å². The maximum atomic E-state index is 12.9. The van der Waals surface area contributed by atoms with Gasteiger partial charge < -0.3 is 9.80 Å². The van der Waals surface area contributed by atoms with Crippen LogP contribution in [0.25, 0.3) is 0 Å². The normalized spacial score (nSPS) is 21.2. The molecule has 4 heteroatoms. The maximum absolute atomic E-state index is 12.9. The molecule has 3 rings (SSSR count). The van der Waals surface area contributed by atoms with Crippen molar-refractivity contribution in [2.45, 2.75) is 51.5 Å². The third-order valence-electron chi connectivity index (χ3n) is 5.46. The predicted molar refractivity (Wildman–Crippen MR) is 94.5 cm³/mol. The van der Waals surface area contributed by atoms with E-state index in [4.69, 9.17) is 0 Å². The molecule has 1 heterocycles. The van der Waals surface area contributed by atoms with E-state index in [1.165, 1.54) is 6.42 Å². The minimum atomic E-state index is -0.0148. The first-order valence-corrected chi connectivity index (χ1v) is 9.31. The number of nitrogens with zero attached hydrogens (tertiary/aromatic N) is 2. The molecule has 1 aliphatic carbocycles. The number of hydrogen-bond acceptors (Lipinski definition) is 2. The molecule has 4 nitrogen and oxygen atoms in total. The van der Waals surface area contributed by atoms with Gasteiger partial charge in [-0.15, -0.1) is 0 Å². The third kappa shape index (κ3) is 3.80. The summed E-state index contributed by atoms with van der Waals surface area (Å²) >= 11 is 0. The lowest BCUT2D eigenvalue weighted by molar-refractivity contribution is -0.143. The molecular weight excluding hydrogens is 300 g/mol. The molecule has 2 aliphatic rings. The van der Waals surface area contributed by atoms with Gasteiger partial charge in [0.05, 0.1) is 12.3 Å². The molecule has 1 saturated carbocycles. The highest BCUT2D eigenvalue weighted by Gasteiger charge is 2.35. The zero-order chi connectivity index (χ0) is 16.9. The SMILES string of the molecule is CCN(C(=O)[C@@H]1CCCN(C(=O)Cc2ccccc2)C1)C1CCC1. The van der Waals surface area contributed by atoms with Crippen molar-refractivity contribution < 1.29 is 9.59 Å². The molecule has 0 unspecified atom stereocenters. The number of carbonyl (C=O) groups excluding carboxylic acids is 2. The van der Waals surface area contributed by atoms with Crippen molar-refractivity contribution in [3.8, 4) is 0 Å². The van der Waals surface area contributed by atoms with Crippen LogP contribution in [-0.4, -0.2) is 47.3 Å². The van der Waals surface area contributed by atoms with Crippen LogP contribution in [0.2, 0.25) is 0 Å². The number of hydrogen-bond donors (Lipinski definition) is 0. The minimum Gasteiger partial charge on any atom is -0.342 e. The summed E-state index contributed by atoms with van der Waals surface area (Å²) in [5.74, 6) is 0.392. The third-order valence-corrected chi connectivity index (χ3v) is 5.46. The fourth-order valence-corrected chi connectivity index (χ4v) is 3.81. The number of amides is 2. The quantitative estimate of drug-likeness (QED) is 0.834. The van der Waals surface area contributed by atoms with Crippen LogP contribution in [0.3, 0.4) is 0 Å². The molecule has 1 aliphatic heterocycles. The van der Waals surface area contributed by atoms with Gasteiger partial charge in [0.2, 0.25) is 11.8 Å². The number of carbonyl (C=O) groups is 2. The van der Waals surface area contributed by atoms with Crippen molar-refractivity contribution in [2.75, 3.05) is 19.6 Å². The summed E-state index contributed by atoms with van der Waals surface area (Å²) in [5, 5.41) is 0. The molecule has 0 N–H and O–H groups in total. The van der Waals surface area contributed by atoms with Crippen LogP contribution in [0.4, 0.5) is 0 Å². The maximum Gasteiger partial charge on any atom is 0.227 e. The number of piperidine rings is 1. The Kier molecular flexibility index (Phi) is 5.54. The van der Waals surface area contributed by atoms with Gasteiger partial charge in [-0.05, 0) is 44.6 Å². The summed E-state index contributed by atoms with van der Waals surface area (Å²) < 4.78 is 0. The number of rotatable bonds is 5. The van der Waals surface area contributed by atoms with Crippen LogP contribution in [0, 0.1) is 5.92 Å². The van der Waals surface area contributed by atoms with Gasteiger partial charge in [0, 0.05) is 25.7 Å². The molecule has 2 fully saturated rings. The lowest BCUT2D eigenvalue weighted by Crippen LogP contribution is -2.51. The highest BCUT2D eigenvalue weighted by atomic mass is 16.2. The van der Waals surface area contributed by atoms with Crippen LogP contribution in [-0.2, 0) is 16.0 Å². The van der Waals surface area contributed by atoms with Gasteiger partial charge in [-0.1, -0.05) is 30.3 Å².